The van der Waals surface area contributed by atoms with Gasteiger partial charge < -0.3 is 10.4 Å². The molecule has 0 amide bonds. The third-order valence-corrected chi connectivity index (χ3v) is 3.17. The number of rotatable bonds is 4. The number of carbonyl (C=O) groups is 1. The molecular formula is C16H13N3O2. The molecule has 0 spiro atoms. The van der Waals surface area contributed by atoms with Gasteiger partial charge in [-0.15, -0.1) is 0 Å². The number of benzene rings is 1. The third-order valence-electron chi connectivity index (χ3n) is 3.17. The van der Waals surface area contributed by atoms with Crippen molar-refractivity contribution in [2.75, 3.05) is 5.32 Å². The summed E-state index contributed by atoms with van der Waals surface area (Å²) in [6.45, 7) is 0.453. The predicted molar refractivity (Wildman–Crippen MR) is 80.3 cm³/mol. The van der Waals surface area contributed by atoms with Crippen LogP contribution in [-0.2, 0) is 6.54 Å². The fourth-order valence-electron chi connectivity index (χ4n) is 2.14. The minimum absolute atomic E-state index is 0.237. The largest absolute Gasteiger partial charge is 0.478 e. The highest BCUT2D eigenvalue weighted by molar-refractivity contribution is 5.91. The Morgan fingerprint density at radius 3 is 2.76 bits per heavy atom. The van der Waals surface area contributed by atoms with E-state index in [-0.39, 0.29) is 5.56 Å². The number of nitrogens with zero attached hydrogens (tertiary/aromatic N) is 2. The SMILES string of the molecule is O=C(O)c1ccnc(CNc2ccnc3ccccc23)c1. The number of para-hydroxylation sites is 1. The number of carboxylic acid groups (broad SMARTS) is 1. The van der Waals surface area contributed by atoms with Crippen LogP contribution in [0.2, 0.25) is 0 Å². The molecule has 0 atom stereocenters. The molecule has 0 saturated heterocycles. The first kappa shape index (κ1) is 13.1. The van der Waals surface area contributed by atoms with Crippen LogP contribution in [0, 0.1) is 0 Å². The fraction of sp³-hybridized carbons (Fsp3) is 0.0625. The standard InChI is InChI=1S/C16H13N3O2/c20-16(21)11-5-7-17-12(9-11)10-19-15-6-8-18-14-4-2-1-3-13(14)15/h1-9H,10H2,(H,18,19)(H,20,21). The first-order valence-corrected chi connectivity index (χ1v) is 6.50. The highest BCUT2D eigenvalue weighted by Gasteiger charge is 2.05. The average Bonchev–Trinajstić information content (AvgIpc) is 2.53. The van der Waals surface area contributed by atoms with Gasteiger partial charge in [-0.2, -0.15) is 0 Å². The lowest BCUT2D eigenvalue weighted by Gasteiger charge is -2.09. The van der Waals surface area contributed by atoms with Crippen LogP contribution >= 0.6 is 0 Å². The quantitative estimate of drug-likeness (QED) is 0.768. The lowest BCUT2D eigenvalue weighted by atomic mass is 10.2. The molecule has 2 N–H and O–H groups in total. The fourth-order valence-corrected chi connectivity index (χ4v) is 2.14. The van der Waals surface area contributed by atoms with Gasteiger partial charge in [0.25, 0.3) is 0 Å². The van der Waals surface area contributed by atoms with E-state index in [1.54, 1.807) is 12.3 Å². The number of hydrogen-bond donors (Lipinski definition) is 2. The molecule has 3 rings (SSSR count). The molecule has 0 aliphatic heterocycles. The van der Waals surface area contributed by atoms with Gasteiger partial charge >= 0.3 is 5.97 Å². The van der Waals surface area contributed by atoms with Crippen LogP contribution in [-0.4, -0.2) is 21.0 Å². The summed E-state index contributed by atoms with van der Waals surface area (Å²) in [6.07, 6.45) is 3.25. The zero-order valence-corrected chi connectivity index (χ0v) is 11.2. The Labute approximate surface area is 121 Å². The second kappa shape index (κ2) is 5.58. The maximum Gasteiger partial charge on any atom is 0.335 e. The number of nitrogens with one attached hydrogen (secondary N) is 1. The number of fused-ring (bicyclic) bond motifs is 1. The first-order chi connectivity index (χ1) is 10.2. The highest BCUT2D eigenvalue weighted by Crippen LogP contribution is 2.21. The maximum atomic E-state index is 10.9. The van der Waals surface area contributed by atoms with Gasteiger partial charge in [-0.3, -0.25) is 9.97 Å². The van der Waals surface area contributed by atoms with Crippen molar-refractivity contribution < 1.29 is 9.90 Å². The van der Waals surface area contributed by atoms with Crippen molar-refractivity contribution >= 4 is 22.6 Å². The van der Waals surface area contributed by atoms with Crippen molar-refractivity contribution in [1.82, 2.24) is 9.97 Å². The van der Waals surface area contributed by atoms with Gasteiger partial charge in [-0.1, -0.05) is 18.2 Å². The van der Waals surface area contributed by atoms with Crippen LogP contribution in [0.3, 0.4) is 0 Å². The molecule has 104 valence electrons. The smallest absolute Gasteiger partial charge is 0.335 e. The van der Waals surface area contributed by atoms with E-state index in [0.29, 0.717) is 12.2 Å². The van der Waals surface area contributed by atoms with E-state index in [2.05, 4.69) is 15.3 Å². The summed E-state index contributed by atoms with van der Waals surface area (Å²) in [5.41, 5.74) is 2.77. The molecule has 21 heavy (non-hydrogen) atoms. The van der Waals surface area contributed by atoms with Crippen molar-refractivity contribution in [3.8, 4) is 0 Å². The van der Waals surface area contributed by atoms with Gasteiger partial charge in [0.1, 0.15) is 0 Å². The molecule has 0 aliphatic rings. The van der Waals surface area contributed by atoms with Crippen LogP contribution in [0.25, 0.3) is 10.9 Å². The molecule has 0 unspecified atom stereocenters. The van der Waals surface area contributed by atoms with Gasteiger partial charge in [-0.05, 0) is 24.3 Å². The Bertz CT molecular complexity index is 797. The second-order valence-corrected chi connectivity index (χ2v) is 4.57. The summed E-state index contributed by atoms with van der Waals surface area (Å²) in [6, 6.07) is 12.8. The van der Waals surface area contributed by atoms with Crippen LogP contribution in [0.5, 0.6) is 0 Å². The summed E-state index contributed by atoms with van der Waals surface area (Å²) in [4.78, 5) is 19.4. The molecule has 2 aromatic heterocycles. The van der Waals surface area contributed by atoms with Crippen molar-refractivity contribution in [1.29, 1.82) is 0 Å². The van der Waals surface area contributed by atoms with Crippen molar-refractivity contribution in [2.24, 2.45) is 0 Å². The second-order valence-electron chi connectivity index (χ2n) is 4.57. The lowest BCUT2D eigenvalue weighted by molar-refractivity contribution is 0.0696. The van der Waals surface area contributed by atoms with Gasteiger partial charge in [-0.25, -0.2) is 4.79 Å². The van der Waals surface area contributed by atoms with Crippen LogP contribution < -0.4 is 5.32 Å². The minimum atomic E-state index is -0.951. The number of aromatic carboxylic acids is 1. The van der Waals surface area contributed by atoms with Crippen molar-refractivity contribution in [2.45, 2.75) is 6.54 Å². The number of anilines is 1. The van der Waals surface area contributed by atoms with E-state index in [4.69, 9.17) is 5.11 Å². The third kappa shape index (κ3) is 2.81. The Kier molecular flexibility index (Phi) is 3.47. The van der Waals surface area contributed by atoms with Gasteiger partial charge in [0.2, 0.25) is 0 Å². The van der Waals surface area contributed by atoms with E-state index < -0.39 is 5.97 Å². The molecular weight excluding hydrogens is 266 g/mol. The van der Waals surface area contributed by atoms with Crippen molar-refractivity contribution in [3.05, 3.63) is 66.1 Å². The Hall–Kier alpha value is -2.95. The minimum Gasteiger partial charge on any atom is -0.478 e. The monoisotopic (exact) mass is 279 g/mol. The zero-order valence-electron chi connectivity index (χ0n) is 11.2. The van der Waals surface area contributed by atoms with Crippen molar-refractivity contribution in [3.63, 3.8) is 0 Å². The van der Waals surface area contributed by atoms with Crippen LogP contribution in [0.1, 0.15) is 16.1 Å². The summed E-state index contributed by atoms with van der Waals surface area (Å²) in [7, 11) is 0. The molecule has 0 aliphatic carbocycles. The average molecular weight is 279 g/mol. The summed E-state index contributed by atoms with van der Waals surface area (Å²) in [5, 5.41) is 13.3. The topological polar surface area (TPSA) is 75.1 Å². The highest BCUT2D eigenvalue weighted by atomic mass is 16.4. The molecule has 5 heteroatoms. The molecule has 0 bridgehead atoms. The number of aromatic nitrogens is 2. The molecule has 5 nitrogen and oxygen atoms in total. The van der Waals surface area contributed by atoms with E-state index >= 15 is 0 Å². The normalized spacial score (nSPS) is 10.5. The van der Waals surface area contributed by atoms with Gasteiger partial charge in [0, 0.05) is 23.5 Å². The van der Waals surface area contributed by atoms with E-state index in [1.165, 1.54) is 12.3 Å². The Balaban J connectivity index is 1.84. The Morgan fingerprint density at radius 2 is 1.90 bits per heavy atom. The lowest BCUT2D eigenvalue weighted by Crippen LogP contribution is -2.05. The van der Waals surface area contributed by atoms with E-state index in [9.17, 15) is 4.79 Å². The van der Waals surface area contributed by atoms with E-state index in [1.807, 2.05) is 30.3 Å². The summed E-state index contributed by atoms with van der Waals surface area (Å²) in [5.74, 6) is -0.951. The Morgan fingerprint density at radius 1 is 1.10 bits per heavy atom. The van der Waals surface area contributed by atoms with E-state index in [0.717, 1.165) is 16.6 Å². The van der Waals surface area contributed by atoms with Crippen LogP contribution in [0.15, 0.2) is 54.9 Å². The molecule has 0 fully saturated rings. The predicted octanol–water partition coefficient (Wildman–Crippen LogP) is 2.94. The summed E-state index contributed by atoms with van der Waals surface area (Å²) >= 11 is 0. The molecule has 1 aromatic carbocycles. The van der Waals surface area contributed by atoms with Gasteiger partial charge in [0.05, 0.1) is 23.3 Å². The molecule has 2 heterocycles. The summed E-state index contributed by atoms with van der Waals surface area (Å²) < 4.78 is 0. The number of hydrogen-bond acceptors (Lipinski definition) is 4. The first-order valence-electron chi connectivity index (χ1n) is 6.50. The molecule has 0 saturated carbocycles. The molecule has 3 aromatic rings. The number of pyridine rings is 2. The maximum absolute atomic E-state index is 10.9. The number of carboxylic acids is 1. The zero-order chi connectivity index (χ0) is 14.7. The van der Waals surface area contributed by atoms with Gasteiger partial charge in [0.15, 0.2) is 0 Å². The molecule has 0 radical (unpaired) electrons. The van der Waals surface area contributed by atoms with Crippen LogP contribution in [0.4, 0.5) is 5.69 Å².